The molecule has 4 amide bonds. The van der Waals surface area contributed by atoms with E-state index in [-0.39, 0.29) is 18.8 Å². The fourth-order valence-electron chi connectivity index (χ4n) is 3.34. The molecule has 8 heteroatoms. The third kappa shape index (κ3) is 4.26. The molecule has 3 rings (SSSR count). The summed E-state index contributed by atoms with van der Waals surface area (Å²) in [4.78, 5) is 38.4. The number of nitrogens with zero attached hydrogens (tertiary/aromatic N) is 1. The van der Waals surface area contributed by atoms with E-state index in [9.17, 15) is 23.2 Å². The zero-order valence-corrected chi connectivity index (χ0v) is 15.9. The van der Waals surface area contributed by atoms with Gasteiger partial charge in [-0.2, -0.15) is 0 Å². The molecule has 29 heavy (non-hydrogen) atoms. The zero-order valence-electron chi connectivity index (χ0n) is 15.9. The summed E-state index contributed by atoms with van der Waals surface area (Å²) in [7, 11) is 0. The molecule has 1 saturated heterocycles. The van der Waals surface area contributed by atoms with Crippen LogP contribution in [0.15, 0.2) is 48.5 Å². The van der Waals surface area contributed by atoms with Crippen LogP contribution in [0.3, 0.4) is 0 Å². The SMILES string of the molecule is CC[C@]1(c2ccc(F)cc2)NC(=O)N(CC(=O)NCCc2ccc(F)cc2)C1=O. The van der Waals surface area contributed by atoms with Crippen molar-refractivity contribution in [3.8, 4) is 0 Å². The lowest BCUT2D eigenvalue weighted by atomic mass is 9.87. The second-order valence-electron chi connectivity index (χ2n) is 6.81. The molecule has 1 heterocycles. The van der Waals surface area contributed by atoms with E-state index in [2.05, 4.69) is 10.6 Å². The Bertz CT molecular complexity index is 916. The van der Waals surface area contributed by atoms with Crippen LogP contribution in [0, 0.1) is 11.6 Å². The Morgan fingerprint density at radius 3 is 2.21 bits per heavy atom. The molecule has 0 spiro atoms. The van der Waals surface area contributed by atoms with Crippen molar-refractivity contribution in [2.24, 2.45) is 0 Å². The number of halogens is 2. The van der Waals surface area contributed by atoms with Crippen LogP contribution in [-0.4, -0.2) is 35.8 Å². The van der Waals surface area contributed by atoms with Crippen LogP contribution in [0.2, 0.25) is 0 Å². The third-order valence-electron chi connectivity index (χ3n) is 4.99. The van der Waals surface area contributed by atoms with Gasteiger partial charge in [-0.1, -0.05) is 31.2 Å². The highest BCUT2D eigenvalue weighted by Gasteiger charge is 2.51. The van der Waals surface area contributed by atoms with E-state index in [0.29, 0.717) is 12.0 Å². The summed E-state index contributed by atoms with van der Waals surface area (Å²) in [5.41, 5.74) is -0.0129. The first-order valence-corrected chi connectivity index (χ1v) is 9.27. The van der Waals surface area contributed by atoms with Crippen LogP contribution in [0.5, 0.6) is 0 Å². The number of carbonyl (C=O) groups excluding carboxylic acids is 3. The molecule has 1 aliphatic heterocycles. The highest BCUT2D eigenvalue weighted by Crippen LogP contribution is 2.32. The van der Waals surface area contributed by atoms with Gasteiger partial charge in [-0.05, 0) is 48.2 Å². The minimum Gasteiger partial charge on any atom is -0.354 e. The molecule has 0 aliphatic carbocycles. The molecule has 2 aromatic rings. The van der Waals surface area contributed by atoms with Gasteiger partial charge in [0.25, 0.3) is 5.91 Å². The molecule has 152 valence electrons. The normalized spacial score (nSPS) is 18.7. The Hall–Kier alpha value is -3.29. The Labute approximate surface area is 166 Å². The molecule has 2 aromatic carbocycles. The number of hydrogen-bond acceptors (Lipinski definition) is 3. The monoisotopic (exact) mass is 401 g/mol. The van der Waals surface area contributed by atoms with Crippen molar-refractivity contribution in [2.45, 2.75) is 25.3 Å². The molecule has 6 nitrogen and oxygen atoms in total. The van der Waals surface area contributed by atoms with E-state index >= 15 is 0 Å². The molecule has 1 atom stereocenters. The minimum atomic E-state index is -1.32. The van der Waals surface area contributed by atoms with Gasteiger partial charge in [0, 0.05) is 6.54 Å². The molecule has 1 fully saturated rings. The summed E-state index contributed by atoms with van der Waals surface area (Å²) < 4.78 is 26.1. The van der Waals surface area contributed by atoms with Crippen molar-refractivity contribution >= 4 is 17.8 Å². The number of nitrogens with one attached hydrogen (secondary N) is 2. The molecule has 0 unspecified atom stereocenters. The predicted octanol–water partition coefficient (Wildman–Crippen LogP) is 2.48. The molecule has 0 saturated carbocycles. The van der Waals surface area contributed by atoms with E-state index in [4.69, 9.17) is 0 Å². The lowest BCUT2D eigenvalue weighted by Crippen LogP contribution is -2.45. The average molecular weight is 401 g/mol. The Morgan fingerprint density at radius 2 is 1.62 bits per heavy atom. The molecule has 0 bridgehead atoms. The van der Waals surface area contributed by atoms with E-state index in [1.807, 2.05) is 0 Å². The standard InChI is InChI=1S/C21H21F2N3O3/c1-2-21(15-5-9-17(23)10-6-15)19(28)26(20(29)25-21)13-18(27)24-12-11-14-3-7-16(22)8-4-14/h3-10H,2,11-13H2,1H3,(H,24,27)(H,25,29)/t21-/m1/s1. The van der Waals surface area contributed by atoms with Crippen LogP contribution in [-0.2, 0) is 21.5 Å². The maximum Gasteiger partial charge on any atom is 0.325 e. The van der Waals surface area contributed by atoms with E-state index in [1.165, 1.54) is 36.4 Å². The topological polar surface area (TPSA) is 78.5 Å². The fourth-order valence-corrected chi connectivity index (χ4v) is 3.34. The van der Waals surface area contributed by atoms with Gasteiger partial charge < -0.3 is 10.6 Å². The number of amides is 4. The van der Waals surface area contributed by atoms with Crippen LogP contribution < -0.4 is 10.6 Å². The lowest BCUT2D eigenvalue weighted by molar-refractivity contribution is -0.135. The molecule has 1 aliphatic rings. The maximum atomic E-state index is 13.2. The number of hydrogen-bond donors (Lipinski definition) is 2. The predicted molar refractivity (Wildman–Crippen MR) is 102 cm³/mol. The van der Waals surface area contributed by atoms with Gasteiger partial charge in [0.15, 0.2) is 0 Å². The first kappa shape index (κ1) is 20.4. The lowest BCUT2D eigenvalue weighted by Gasteiger charge is -2.25. The third-order valence-corrected chi connectivity index (χ3v) is 4.99. The Kier molecular flexibility index (Phi) is 5.91. The number of rotatable bonds is 7. The summed E-state index contributed by atoms with van der Waals surface area (Å²) in [5, 5.41) is 5.29. The van der Waals surface area contributed by atoms with Crippen LogP contribution >= 0.6 is 0 Å². The maximum absolute atomic E-state index is 13.2. The molecule has 0 radical (unpaired) electrons. The highest BCUT2D eigenvalue weighted by molar-refractivity contribution is 6.09. The van der Waals surface area contributed by atoms with Crippen molar-refractivity contribution in [3.05, 3.63) is 71.3 Å². The molecule has 2 N–H and O–H groups in total. The average Bonchev–Trinajstić information content (AvgIpc) is 2.95. The first-order chi connectivity index (χ1) is 13.9. The number of urea groups is 1. The van der Waals surface area contributed by atoms with Crippen LogP contribution in [0.1, 0.15) is 24.5 Å². The van der Waals surface area contributed by atoms with Crippen LogP contribution in [0.4, 0.5) is 13.6 Å². The van der Waals surface area contributed by atoms with Gasteiger partial charge >= 0.3 is 6.03 Å². The van der Waals surface area contributed by atoms with Gasteiger partial charge in [-0.3, -0.25) is 14.5 Å². The zero-order chi connectivity index (χ0) is 21.0. The number of carbonyl (C=O) groups is 3. The van der Waals surface area contributed by atoms with E-state index in [1.54, 1.807) is 19.1 Å². The number of benzene rings is 2. The summed E-state index contributed by atoms with van der Waals surface area (Å²) in [6.45, 7) is 1.59. The Balaban J connectivity index is 1.62. The molecular formula is C21H21F2N3O3. The van der Waals surface area contributed by atoms with E-state index in [0.717, 1.165) is 10.5 Å². The summed E-state index contributed by atoms with van der Waals surface area (Å²) in [6, 6.07) is 10.6. The fraction of sp³-hybridized carbons (Fsp3) is 0.286. The largest absolute Gasteiger partial charge is 0.354 e. The quantitative estimate of drug-likeness (QED) is 0.700. The summed E-state index contributed by atoms with van der Waals surface area (Å²) in [5.74, 6) is -1.82. The van der Waals surface area contributed by atoms with Gasteiger partial charge in [-0.15, -0.1) is 0 Å². The second-order valence-corrected chi connectivity index (χ2v) is 6.81. The second kappa shape index (κ2) is 8.38. The van der Waals surface area contributed by atoms with Gasteiger partial charge in [-0.25, -0.2) is 13.6 Å². The van der Waals surface area contributed by atoms with Crippen molar-refractivity contribution in [3.63, 3.8) is 0 Å². The summed E-state index contributed by atoms with van der Waals surface area (Å²) >= 11 is 0. The van der Waals surface area contributed by atoms with Gasteiger partial charge in [0.1, 0.15) is 23.7 Å². The summed E-state index contributed by atoms with van der Waals surface area (Å²) in [6.07, 6.45) is 0.743. The van der Waals surface area contributed by atoms with Crippen molar-refractivity contribution in [1.29, 1.82) is 0 Å². The van der Waals surface area contributed by atoms with Crippen molar-refractivity contribution < 1.29 is 23.2 Å². The first-order valence-electron chi connectivity index (χ1n) is 9.27. The molecule has 0 aromatic heterocycles. The van der Waals surface area contributed by atoms with Gasteiger partial charge in [0.05, 0.1) is 0 Å². The van der Waals surface area contributed by atoms with E-state index < -0.39 is 35.7 Å². The molecular weight excluding hydrogens is 380 g/mol. The van der Waals surface area contributed by atoms with Crippen molar-refractivity contribution in [2.75, 3.05) is 13.1 Å². The smallest absolute Gasteiger partial charge is 0.325 e. The Morgan fingerprint density at radius 1 is 1.03 bits per heavy atom. The highest BCUT2D eigenvalue weighted by atomic mass is 19.1. The number of imide groups is 1. The van der Waals surface area contributed by atoms with Crippen LogP contribution in [0.25, 0.3) is 0 Å². The van der Waals surface area contributed by atoms with Crippen molar-refractivity contribution in [1.82, 2.24) is 15.5 Å². The minimum absolute atomic E-state index is 0.256. The van der Waals surface area contributed by atoms with Gasteiger partial charge in [0.2, 0.25) is 5.91 Å².